The van der Waals surface area contributed by atoms with Crippen molar-refractivity contribution in [1.29, 1.82) is 0 Å². The maximum absolute atomic E-state index is 12.7. The topological polar surface area (TPSA) is 71.5 Å². The van der Waals surface area contributed by atoms with Crippen LogP contribution in [-0.4, -0.2) is 41.9 Å². The number of pyridine rings is 1. The first-order valence-electron chi connectivity index (χ1n) is 8.77. The number of carbonyl (C=O) groups excluding carboxylic acids is 2. The molecule has 1 unspecified atom stereocenters. The van der Waals surface area contributed by atoms with E-state index in [0.29, 0.717) is 28.6 Å². The van der Waals surface area contributed by atoms with E-state index in [1.165, 1.54) is 6.20 Å². The molecule has 1 atom stereocenters. The lowest BCUT2D eigenvalue weighted by Gasteiger charge is -2.30. The number of benzene rings is 1. The van der Waals surface area contributed by atoms with Gasteiger partial charge in [-0.25, -0.2) is 0 Å². The highest BCUT2D eigenvalue weighted by Gasteiger charge is 2.23. The molecule has 136 valence electrons. The number of nitrogens with one attached hydrogen (secondary N) is 1. The molecule has 1 aliphatic rings. The smallest absolute Gasteiger partial charge is 0.272 e. The lowest BCUT2D eigenvalue weighted by atomic mass is 10.00. The Labute approximate surface area is 153 Å². The molecule has 1 aliphatic heterocycles. The summed E-state index contributed by atoms with van der Waals surface area (Å²) in [5.41, 5.74) is 1.33. The second-order valence-corrected chi connectivity index (χ2v) is 6.61. The van der Waals surface area contributed by atoms with Crippen LogP contribution in [0.4, 0.5) is 5.69 Å². The summed E-state index contributed by atoms with van der Waals surface area (Å²) in [6.07, 6.45) is 3.64. The highest BCUT2D eigenvalue weighted by molar-refractivity contribution is 6.05. The quantitative estimate of drug-likeness (QED) is 0.916. The lowest BCUT2D eigenvalue weighted by molar-refractivity contribution is 0.0677. The van der Waals surface area contributed by atoms with Gasteiger partial charge in [-0.2, -0.15) is 0 Å². The number of amides is 2. The summed E-state index contributed by atoms with van der Waals surface area (Å²) in [6, 6.07) is 10.3. The number of anilines is 1. The van der Waals surface area contributed by atoms with Crippen LogP contribution in [0.3, 0.4) is 0 Å². The molecule has 2 heterocycles. The van der Waals surface area contributed by atoms with E-state index < -0.39 is 0 Å². The summed E-state index contributed by atoms with van der Waals surface area (Å²) in [7, 11) is 1.57. The van der Waals surface area contributed by atoms with E-state index in [0.717, 1.165) is 25.9 Å². The molecular weight excluding hydrogens is 330 g/mol. The van der Waals surface area contributed by atoms with Gasteiger partial charge < -0.3 is 15.0 Å². The van der Waals surface area contributed by atoms with Gasteiger partial charge in [0.25, 0.3) is 11.8 Å². The first-order valence-corrected chi connectivity index (χ1v) is 8.77. The van der Waals surface area contributed by atoms with Gasteiger partial charge in [-0.3, -0.25) is 14.6 Å². The Morgan fingerprint density at radius 2 is 2.12 bits per heavy atom. The molecule has 26 heavy (non-hydrogen) atoms. The van der Waals surface area contributed by atoms with Crippen molar-refractivity contribution in [3.05, 3.63) is 53.9 Å². The van der Waals surface area contributed by atoms with Crippen LogP contribution in [-0.2, 0) is 0 Å². The normalized spacial score (nSPS) is 16.8. The summed E-state index contributed by atoms with van der Waals surface area (Å²) in [5, 5.41) is 2.81. The van der Waals surface area contributed by atoms with Gasteiger partial charge in [0.1, 0.15) is 11.4 Å². The van der Waals surface area contributed by atoms with Crippen molar-refractivity contribution in [2.45, 2.75) is 19.8 Å². The number of piperidine rings is 1. The average molecular weight is 353 g/mol. The number of hydrogen-bond acceptors (Lipinski definition) is 4. The van der Waals surface area contributed by atoms with Gasteiger partial charge in [-0.1, -0.05) is 13.0 Å². The van der Waals surface area contributed by atoms with Crippen LogP contribution in [0.2, 0.25) is 0 Å². The number of likely N-dealkylation sites (tertiary alicyclic amines) is 1. The van der Waals surface area contributed by atoms with E-state index >= 15 is 0 Å². The third-order valence-corrected chi connectivity index (χ3v) is 4.51. The number of ether oxygens (including phenoxy) is 1. The van der Waals surface area contributed by atoms with Crippen molar-refractivity contribution >= 4 is 17.5 Å². The third kappa shape index (κ3) is 4.20. The molecule has 0 aliphatic carbocycles. The molecule has 1 aromatic heterocycles. The van der Waals surface area contributed by atoms with E-state index in [-0.39, 0.29) is 11.8 Å². The number of aromatic nitrogens is 1. The molecule has 1 N–H and O–H groups in total. The van der Waals surface area contributed by atoms with Crippen LogP contribution >= 0.6 is 0 Å². The highest BCUT2D eigenvalue weighted by atomic mass is 16.5. The number of methoxy groups -OCH3 is 1. The third-order valence-electron chi connectivity index (χ3n) is 4.51. The Kier molecular flexibility index (Phi) is 5.51. The van der Waals surface area contributed by atoms with Gasteiger partial charge in [0, 0.05) is 36.6 Å². The van der Waals surface area contributed by atoms with Crippen LogP contribution < -0.4 is 10.1 Å². The minimum atomic E-state index is -0.290. The Bertz CT molecular complexity index is 806. The van der Waals surface area contributed by atoms with E-state index in [1.54, 1.807) is 43.5 Å². The Morgan fingerprint density at radius 1 is 1.27 bits per heavy atom. The van der Waals surface area contributed by atoms with Crippen molar-refractivity contribution in [3.63, 3.8) is 0 Å². The fourth-order valence-electron chi connectivity index (χ4n) is 3.13. The summed E-state index contributed by atoms with van der Waals surface area (Å²) in [6.45, 7) is 3.62. The summed E-state index contributed by atoms with van der Waals surface area (Å²) in [5.74, 6) is 0.745. The first kappa shape index (κ1) is 17.9. The van der Waals surface area contributed by atoms with E-state index in [9.17, 15) is 9.59 Å². The van der Waals surface area contributed by atoms with Crippen LogP contribution in [0.1, 0.15) is 40.6 Å². The maximum atomic E-state index is 12.7. The molecule has 0 spiro atoms. The fraction of sp³-hybridized carbons (Fsp3) is 0.350. The zero-order valence-electron chi connectivity index (χ0n) is 15.1. The fourth-order valence-corrected chi connectivity index (χ4v) is 3.13. The minimum Gasteiger partial charge on any atom is -0.497 e. The monoisotopic (exact) mass is 353 g/mol. The Hall–Kier alpha value is -2.89. The molecule has 0 bridgehead atoms. The molecule has 3 rings (SSSR count). The average Bonchev–Trinajstić information content (AvgIpc) is 2.67. The number of carbonyl (C=O) groups is 2. The van der Waals surface area contributed by atoms with Gasteiger partial charge in [0.2, 0.25) is 0 Å². The van der Waals surface area contributed by atoms with Gasteiger partial charge in [0.15, 0.2) is 0 Å². The van der Waals surface area contributed by atoms with E-state index in [1.807, 2.05) is 4.90 Å². The van der Waals surface area contributed by atoms with Crippen molar-refractivity contribution < 1.29 is 14.3 Å². The zero-order chi connectivity index (χ0) is 18.5. The molecule has 6 nitrogen and oxygen atoms in total. The van der Waals surface area contributed by atoms with Crippen LogP contribution in [0.25, 0.3) is 0 Å². The minimum absolute atomic E-state index is 0.118. The first-order chi connectivity index (χ1) is 12.6. The van der Waals surface area contributed by atoms with Crippen LogP contribution in [0.15, 0.2) is 42.6 Å². The largest absolute Gasteiger partial charge is 0.497 e. The maximum Gasteiger partial charge on any atom is 0.272 e. The number of rotatable bonds is 4. The zero-order valence-corrected chi connectivity index (χ0v) is 15.1. The molecule has 2 amide bonds. The number of nitrogens with zero attached hydrogens (tertiary/aromatic N) is 2. The second kappa shape index (κ2) is 7.99. The summed E-state index contributed by atoms with van der Waals surface area (Å²) in [4.78, 5) is 31.2. The SMILES string of the molecule is COc1cccc(NC(=O)c2ccnc(C(=O)N3CCCC(C)C3)c2)c1. The molecule has 1 fully saturated rings. The predicted molar refractivity (Wildman–Crippen MR) is 99.5 cm³/mol. The predicted octanol–water partition coefficient (Wildman–Crippen LogP) is 3.21. The highest BCUT2D eigenvalue weighted by Crippen LogP contribution is 2.19. The Morgan fingerprint density at radius 3 is 2.88 bits per heavy atom. The molecular formula is C20H23N3O3. The summed E-state index contributed by atoms with van der Waals surface area (Å²) < 4.78 is 5.16. The van der Waals surface area contributed by atoms with Gasteiger partial charge >= 0.3 is 0 Å². The molecule has 1 saturated heterocycles. The standard InChI is InChI=1S/C20H23N3O3/c1-14-5-4-10-23(13-14)20(25)18-11-15(8-9-21-18)19(24)22-16-6-3-7-17(12-16)26-2/h3,6-9,11-12,14H,4-5,10,13H2,1-2H3,(H,22,24). The molecule has 2 aromatic rings. The number of hydrogen-bond donors (Lipinski definition) is 1. The van der Waals surface area contributed by atoms with Crippen molar-refractivity contribution in [1.82, 2.24) is 9.88 Å². The van der Waals surface area contributed by atoms with Crippen LogP contribution in [0, 0.1) is 5.92 Å². The van der Waals surface area contributed by atoms with Crippen molar-refractivity contribution in [2.24, 2.45) is 5.92 Å². The van der Waals surface area contributed by atoms with E-state index in [4.69, 9.17) is 4.74 Å². The van der Waals surface area contributed by atoms with Gasteiger partial charge in [0.05, 0.1) is 7.11 Å². The molecule has 6 heteroatoms. The molecule has 0 radical (unpaired) electrons. The second-order valence-electron chi connectivity index (χ2n) is 6.61. The van der Waals surface area contributed by atoms with Crippen LogP contribution in [0.5, 0.6) is 5.75 Å². The van der Waals surface area contributed by atoms with Crippen molar-refractivity contribution in [2.75, 3.05) is 25.5 Å². The van der Waals surface area contributed by atoms with E-state index in [2.05, 4.69) is 17.2 Å². The Balaban J connectivity index is 1.73. The molecule has 1 aromatic carbocycles. The van der Waals surface area contributed by atoms with Gasteiger partial charge in [-0.05, 0) is 43.0 Å². The molecule has 0 saturated carbocycles. The van der Waals surface area contributed by atoms with Crippen molar-refractivity contribution in [3.8, 4) is 5.75 Å². The lowest BCUT2D eigenvalue weighted by Crippen LogP contribution is -2.39. The van der Waals surface area contributed by atoms with Gasteiger partial charge in [-0.15, -0.1) is 0 Å². The summed E-state index contributed by atoms with van der Waals surface area (Å²) >= 11 is 0.